The molecule has 0 atom stereocenters. The van der Waals surface area contributed by atoms with Crippen LogP contribution < -0.4 is 0 Å². The first kappa shape index (κ1) is 12.2. The number of alkyl halides is 1. The third kappa shape index (κ3) is 2.23. The highest BCUT2D eigenvalue weighted by Crippen LogP contribution is 2.18. The van der Waals surface area contributed by atoms with Gasteiger partial charge in [-0.05, 0) is 31.2 Å². The van der Waals surface area contributed by atoms with E-state index in [1.165, 1.54) is 10.2 Å². The molecule has 1 heterocycles. The Balaban J connectivity index is 2.54. The topological polar surface area (TPSA) is 39.1 Å². The molecular formula is C12H12ClNO2S. The van der Waals surface area contributed by atoms with Gasteiger partial charge in [0.15, 0.2) is 0 Å². The van der Waals surface area contributed by atoms with Crippen LogP contribution in [0.2, 0.25) is 0 Å². The van der Waals surface area contributed by atoms with Gasteiger partial charge in [0.2, 0.25) is 0 Å². The van der Waals surface area contributed by atoms with Crippen molar-refractivity contribution in [2.75, 3.05) is 0 Å². The van der Waals surface area contributed by atoms with E-state index in [2.05, 4.69) is 0 Å². The second kappa shape index (κ2) is 4.55. The fourth-order valence-electron chi connectivity index (χ4n) is 1.56. The van der Waals surface area contributed by atoms with Crippen molar-refractivity contribution in [1.82, 2.24) is 3.97 Å². The maximum atomic E-state index is 12.3. The SMILES string of the molecule is Cc1ccc(S(=O)(=O)n2cccc2CCl)cc1. The second-order valence-electron chi connectivity index (χ2n) is 3.75. The molecule has 0 amide bonds. The lowest BCUT2D eigenvalue weighted by Crippen LogP contribution is -2.14. The van der Waals surface area contributed by atoms with Gasteiger partial charge >= 0.3 is 0 Å². The summed E-state index contributed by atoms with van der Waals surface area (Å²) in [7, 11) is -3.52. The molecule has 0 aliphatic rings. The summed E-state index contributed by atoms with van der Waals surface area (Å²) in [4.78, 5) is 0.269. The standard InChI is InChI=1S/C12H12ClNO2S/c1-10-4-6-12(7-5-10)17(15,16)14-8-2-3-11(14)9-13/h2-8H,9H2,1H3. The fourth-order valence-corrected chi connectivity index (χ4v) is 3.22. The van der Waals surface area contributed by atoms with Crippen molar-refractivity contribution >= 4 is 21.6 Å². The summed E-state index contributed by atoms with van der Waals surface area (Å²) in [6.45, 7) is 1.91. The quantitative estimate of drug-likeness (QED) is 0.804. The van der Waals surface area contributed by atoms with E-state index in [1.54, 1.807) is 36.4 Å². The fraction of sp³-hybridized carbons (Fsp3) is 0.167. The van der Waals surface area contributed by atoms with Gasteiger partial charge in [-0.2, -0.15) is 0 Å². The minimum atomic E-state index is -3.52. The monoisotopic (exact) mass is 269 g/mol. The average Bonchev–Trinajstić information content (AvgIpc) is 2.78. The predicted molar refractivity (Wildman–Crippen MR) is 67.8 cm³/mol. The first-order valence-corrected chi connectivity index (χ1v) is 7.07. The van der Waals surface area contributed by atoms with Crippen molar-refractivity contribution < 1.29 is 8.42 Å². The maximum absolute atomic E-state index is 12.3. The summed E-state index contributed by atoms with van der Waals surface area (Å²) >= 11 is 5.71. The second-order valence-corrected chi connectivity index (χ2v) is 5.83. The van der Waals surface area contributed by atoms with E-state index in [-0.39, 0.29) is 10.8 Å². The van der Waals surface area contributed by atoms with Crippen LogP contribution in [-0.4, -0.2) is 12.4 Å². The van der Waals surface area contributed by atoms with E-state index in [0.29, 0.717) is 5.69 Å². The normalized spacial score (nSPS) is 11.6. The van der Waals surface area contributed by atoms with Crippen LogP contribution in [0.25, 0.3) is 0 Å². The Morgan fingerprint density at radius 3 is 2.41 bits per heavy atom. The molecule has 0 aliphatic heterocycles. The van der Waals surface area contributed by atoms with Gasteiger partial charge < -0.3 is 0 Å². The number of hydrogen-bond donors (Lipinski definition) is 0. The molecule has 17 heavy (non-hydrogen) atoms. The van der Waals surface area contributed by atoms with Crippen molar-refractivity contribution in [3.63, 3.8) is 0 Å². The minimum absolute atomic E-state index is 0.165. The zero-order valence-electron chi connectivity index (χ0n) is 9.30. The summed E-state index contributed by atoms with van der Waals surface area (Å²) in [5.74, 6) is 0.165. The molecule has 2 aromatic rings. The number of aromatic nitrogens is 1. The van der Waals surface area contributed by atoms with Crippen molar-refractivity contribution in [3.05, 3.63) is 53.9 Å². The van der Waals surface area contributed by atoms with E-state index in [9.17, 15) is 8.42 Å². The molecule has 0 bridgehead atoms. The zero-order valence-corrected chi connectivity index (χ0v) is 10.9. The largest absolute Gasteiger partial charge is 0.267 e. The molecule has 0 fully saturated rings. The average molecular weight is 270 g/mol. The van der Waals surface area contributed by atoms with Crippen molar-refractivity contribution in [3.8, 4) is 0 Å². The highest BCUT2D eigenvalue weighted by atomic mass is 35.5. The molecule has 0 unspecified atom stereocenters. The van der Waals surface area contributed by atoms with Crippen molar-refractivity contribution in [2.45, 2.75) is 17.7 Å². The Morgan fingerprint density at radius 1 is 1.18 bits per heavy atom. The van der Waals surface area contributed by atoms with Gasteiger partial charge in [-0.25, -0.2) is 12.4 Å². The smallest absolute Gasteiger partial charge is 0.245 e. The van der Waals surface area contributed by atoms with Crippen LogP contribution in [0.15, 0.2) is 47.5 Å². The zero-order chi connectivity index (χ0) is 12.5. The van der Waals surface area contributed by atoms with E-state index in [1.807, 2.05) is 6.92 Å². The lowest BCUT2D eigenvalue weighted by Gasteiger charge is -2.09. The first-order valence-electron chi connectivity index (χ1n) is 5.10. The van der Waals surface area contributed by atoms with Crippen molar-refractivity contribution in [1.29, 1.82) is 0 Å². The van der Waals surface area contributed by atoms with E-state index >= 15 is 0 Å². The summed E-state index contributed by atoms with van der Waals surface area (Å²) in [6.07, 6.45) is 1.51. The van der Waals surface area contributed by atoms with Crippen LogP contribution in [0.3, 0.4) is 0 Å². The number of halogens is 1. The number of nitrogens with zero attached hydrogens (tertiary/aromatic N) is 1. The molecule has 1 aromatic carbocycles. The Kier molecular flexibility index (Phi) is 3.26. The Bertz CT molecular complexity index is 614. The lowest BCUT2D eigenvalue weighted by atomic mass is 10.2. The summed E-state index contributed by atoms with van der Waals surface area (Å²) in [5.41, 5.74) is 1.58. The van der Waals surface area contributed by atoms with Crippen LogP contribution in [0, 0.1) is 6.92 Å². The molecular weight excluding hydrogens is 258 g/mol. The third-order valence-corrected chi connectivity index (χ3v) is 4.52. The molecule has 2 rings (SSSR count). The van der Waals surface area contributed by atoms with Gasteiger partial charge in [0, 0.05) is 11.9 Å². The van der Waals surface area contributed by atoms with Gasteiger partial charge in [0.25, 0.3) is 10.0 Å². The van der Waals surface area contributed by atoms with Gasteiger partial charge in [-0.1, -0.05) is 17.7 Å². The van der Waals surface area contributed by atoms with Gasteiger partial charge in [0.05, 0.1) is 10.8 Å². The van der Waals surface area contributed by atoms with Crippen LogP contribution in [0.5, 0.6) is 0 Å². The van der Waals surface area contributed by atoms with Gasteiger partial charge in [0.1, 0.15) is 0 Å². The number of aryl methyl sites for hydroxylation is 1. The van der Waals surface area contributed by atoms with Crippen LogP contribution in [0.4, 0.5) is 0 Å². The summed E-state index contributed by atoms with van der Waals surface area (Å²) in [5, 5.41) is 0. The molecule has 0 saturated carbocycles. The summed E-state index contributed by atoms with van der Waals surface area (Å²) in [6, 6.07) is 10.1. The lowest BCUT2D eigenvalue weighted by molar-refractivity contribution is 0.586. The van der Waals surface area contributed by atoms with Crippen molar-refractivity contribution in [2.24, 2.45) is 0 Å². The Hall–Kier alpha value is -1.26. The molecule has 0 aliphatic carbocycles. The molecule has 0 saturated heterocycles. The molecule has 0 N–H and O–H groups in total. The van der Waals surface area contributed by atoms with Crippen LogP contribution in [-0.2, 0) is 15.9 Å². The molecule has 3 nitrogen and oxygen atoms in total. The van der Waals surface area contributed by atoms with Gasteiger partial charge in [-0.3, -0.25) is 0 Å². The molecule has 0 spiro atoms. The number of hydrogen-bond acceptors (Lipinski definition) is 2. The summed E-state index contributed by atoms with van der Waals surface area (Å²) < 4.78 is 25.8. The molecule has 0 radical (unpaired) electrons. The Morgan fingerprint density at radius 2 is 1.82 bits per heavy atom. The van der Waals surface area contributed by atoms with E-state index in [0.717, 1.165) is 5.56 Å². The highest BCUT2D eigenvalue weighted by Gasteiger charge is 2.18. The van der Waals surface area contributed by atoms with Gasteiger partial charge in [-0.15, -0.1) is 11.6 Å². The molecule has 5 heteroatoms. The minimum Gasteiger partial charge on any atom is -0.245 e. The number of rotatable bonds is 3. The van der Waals surface area contributed by atoms with E-state index < -0.39 is 10.0 Å². The van der Waals surface area contributed by atoms with E-state index in [4.69, 9.17) is 11.6 Å². The predicted octanol–water partition coefficient (Wildman–Crippen LogP) is 2.77. The maximum Gasteiger partial charge on any atom is 0.267 e. The third-order valence-electron chi connectivity index (χ3n) is 2.51. The Labute approximate surface area is 106 Å². The molecule has 1 aromatic heterocycles. The highest BCUT2D eigenvalue weighted by molar-refractivity contribution is 7.90. The van der Waals surface area contributed by atoms with Crippen LogP contribution in [0.1, 0.15) is 11.3 Å². The number of benzene rings is 1. The van der Waals surface area contributed by atoms with Crippen LogP contribution >= 0.6 is 11.6 Å². The first-order chi connectivity index (χ1) is 8.05. The molecule has 90 valence electrons.